The molecule has 0 aromatic carbocycles. The fourth-order valence-electron chi connectivity index (χ4n) is 4.66. The zero-order valence-corrected chi connectivity index (χ0v) is 17.2. The van der Waals surface area contributed by atoms with Gasteiger partial charge in [0.05, 0.1) is 6.54 Å². The van der Waals surface area contributed by atoms with Crippen molar-refractivity contribution >= 4 is 17.2 Å². The van der Waals surface area contributed by atoms with E-state index in [1.165, 1.54) is 23.4 Å². The maximum atomic E-state index is 12.1. The topological polar surface area (TPSA) is 57.3 Å². The molecule has 2 unspecified atom stereocenters. The number of nitrogens with one attached hydrogen (secondary N) is 2. The maximum absolute atomic E-state index is 12.1. The van der Waals surface area contributed by atoms with Gasteiger partial charge in [-0.25, -0.2) is 0 Å². The summed E-state index contributed by atoms with van der Waals surface area (Å²) >= 11 is 1.69. The highest BCUT2D eigenvalue weighted by Gasteiger charge is 2.36. The summed E-state index contributed by atoms with van der Waals surface area (Å²) < 4.78 is 0. The van der Waals surface area contributed by atoms with E-state index >= 15 is 0 Å². The van der Waals surface area contributed by atoms with Crippen molar-refractivity contribution in [2.24, 2.45) is 11.8 Å². The molecule has 5 nitrogen and oxygen atoms in total. The molecule has 3 atom stereocenters. The van der Waals surface area contributed by atoms with Gasteiger partial charge in [-0.1, -0.05) is 12.1 Å². The van der Waals surface area contributed by atoms with E-state index in [0.717, 1.165) is 38.4 Å². The zero-order chi connectivity index (χ0) is 19.2. The number of nitrogens with zero attached hydrogens (tertiary/aromatic N) is 2. The first-order valence-corrected chi connectivity index (χ1v) is 11.3. The molecule has 0 spiro atoms. The Morgan fingerprint density at radius 3 is 3.11 bits per heavy atom. The lowest BCUT2D eigenvalue weighted by molar-refractivity contribution is -0.121. The highest BCUT2D eigenvalue weighted by atomic mass is 32.1. The van der Waals surface area contributed by atoms with Crippen molar-refractivity contribution in [2.75, 3.05) is 19.6 Å². The quantitative estimate of drug-likeness (QED) is 0.718. The minimum absolute atomic E-state index is 0.170. The highest BCUT2D eigenvalue weighted by molar-refractivity contribution is 7.09. The van der Waals surface area contributed by atoms with Crippen molar-refractivity contribution in [3.63, 3.8) is 0 Å². The Bertz CT molecular complexity index is 736. The summed E-state index contributed by atoms with van der Waals surface area (Å²) in [4.78, 5) is 20.2. The van der Waals surface area contributed by atoms with Crippen LogP contribution in [0.4, 0.5) is 0 Å². The standard InChI is InChI=1S/C22H30N4OS/c27-22(25-13-20-5-3-9-28-20)7-1-6-21-19-10-18(12-24-21)15-26(16-19)14-17-4-2-8-23-11-17/h2-5,8-9,11,18-19,21,24H,1,6-7,10,12-16H2,(H,25,27)/t18?,19?,21-/m1/s1. The van der Waals surface area contributed by atoms with E-state index in [1.807, 2.05) is 29.9 Å². The normalized spacial score (nSPS) is 24.8. The Labute approximate surface area is 171 Å². The van der Waals surface area contributed by atoms with Crippen molar-refractivity contribution in [2.45, 2.75) is 44.8 Å². The molecule has 6 heteroatoms. The number of thiophene rings is 1. The molecule has 0 saturated carbocycles. The van der Waals surface area contributed by atoms with Crippen LogP contribution in [-0.4, -0.2) is 41.5 Å². The van der Waals surface area contributed by atoms with E-state index in [9.17, 15) is 4.79 Å². The monoisotopic (exact) mass is 398 g/mol. The molecule has 4 rings (SSSR count). The third-order valence-electron chi connectivity index (χ3n) is 5.97. The van der Waals surface area contributed by atoms with E-state index in [-0.39, 0.29) is 5.91 Å². The summed E-state index contributed by atoms with van der Waals surface area (Å²) in [5.74, 6) is 1.61. The second kappa shape index (κ2) is 9.63. The molecule has 2 saturated heterocycles. The van der Waals surface area contributed by atoms with Crippen LogP contribution in [0.25, 0.3) is 0 Å². The predicted octanol–water partition coefficient (Wildman–Crippen LogP) is 3.04. The van der Waals surface area contributed by atoms with E-state index in [1.54, 1.807) is 11.3 Å². The zero-order valence-electron chi connectivity index (χ0n) is 16.3. The number of fused-ring (bicyclic) bond motifs is 2. The van der Waals surface area contributed by atoms with Crippen molar-refractivity contribution in [1.82, 2.24) is 20.5 Å². The van der Waals surface area contributed by atoms with Gasteiger partial charge in [0.15, 0.2) is 0 Å². The second-order valence-corrected chi connectivity index (χ2v) is 9.21. The molecule has 2 N–H and O–H groups in total. The van der Waals surface area contributed by atoms with Crippen LogP contribution in [-0.2, 0) is 17.9 Å². The van der Waals surface area contributed by atoms with Gasteiger partial charge in [0.2, 0.25) is 5.91 Å². The molecule has 2 aliphatic rings. The van der Waals surface area contributed by atoms with Gasteiger partial charge in [-0.2, -0.15) is 0 Å². The largest absolute Gasteiger partial charge is 0.351 e. The van der Waals surface area contributed by atoms with Gasteiger partial charge in [0.25, 0.3) is 0 Å². The van der Waals surface area contributed by atoms with E-state index < -0.39 is 0 Å². The number of carbonyl (C=O) groups excluding carboxylic acids is 1. The Hall–Kier alpha value is -1.76. The number of rotatable bonds is 8. The van der Waals surface area contributed by atoms with Crippen LogP contribution in [0.2, 0.25) is 0 Å². The summed E-state index contributed by atoms with van der Waals surface area (Å²) in [6, 6.07) is 8.82. The van der Waals surface area contributed by atoms with Crippen LogP contribution in [0.3, 0.4) is 0 Å². The average Bonchev–Trinajstić information content (AvgIpc) is 3.23. The van der Waals surface area contributed by atoms with Gasteiger partial charge < -0.3 is 10.6 Å². The molecule has 2 aromatic heterocycles. The van der Waals surface area contributed by atoms with Crippen molar-refractivity contribution in [1.29, 1.82) is 0 Å². The van der Waals surface area contributed by atoms with Crippen LogP contribution >= 0.6 is 11.3 Å². The summed E-state index contributed by atoms with van der Waals surface area (Å²) in [6.45, 7) is 5.09. The Balaban J connectivity index is 1.20. The molecule has 1 amide bonds. The first kappa shape index (κ1) is 19.6. The Morgan fingerprint density at radius 2 is 2.29 bits per heavy atom. The second-order valence-electron chi connectivity index (χ2n) is 8.18. The van der Waals surface area contributed by atoms with E-state index in [0.29, 0.717) is 24.9 Å². The molecular formula is C22H30N4OS. The SMILES string of the molecule is O=C(CCC[C@H]1NCC2CC1CN(Cc1cccnc1)C2)NCc1cccs1. The average molecular weight is 399 g/mol. The van der Waals surface area contributed by atoms with Crippen molar-refractivity contribution < 1.29 is 4.79 Å². The van der Waals surface area contributed by atoms with Crippen LogP contribution in [0.1, 0.15) is 36.1 Å². The number of amides is 1. The third-order valence-corrected chi connectivity index (χ3v) is 6.85. The third kappa shape index (κ3) is 5.40. The lowest BCUT2D eigenvalue weighted by atomic mass is 9.79. The number of likely N-dealkylation sites (tertiary alicyclic amines) is 1. The number of aromatic nitrogens is 1. The van der Waals surface area contributed by atoms with Gasteiger partial charge in [-0.15, -0.1) is 11.3 Å². The summed E-state index contributed by atoms with van der Waals surface area (Å²) in [7, 11) is 0. The van der Waals surface area contributed by atoms with Gasteiger partial charge in [-0.05, 0) is 60.7 Å². The number of hydrogen-bond acceptors (Lipinski definition) is 5. The molecule has 0 radical (unpaired) electrons. The predicted molar refractivity (Wildman–Crippen MR) is 113 cm³/mol. The maximum Gasteiger partial charge on any atom is 0.220 e. The number of piperidine rings is 2. The molecule has 28 heavy (non-hydrogen) atoms. The van der Waals surface area contributed by atoms with Crippen LogP contribution in [0.5, 0.6) is 0 Å². The summed E-state index contributed by atoms with van der Waals surface area (Å²) in [5, 5.41) is 8.85. The van der Waals surface area contributed by atoms with Crippen LogP contribution in [0.15, 0.2) is 42.0 Å². The molecule has 2 aromatic rings. The lowest BCUT2D eigenvalue weighted by Crippen LogP contribution is -2.55. The number of hydrogen-bond donors (Lipinski definition) is 2. The minimum atomic E-state index is 0.170. The Kier molecular flexibility index (Phi) is 6.73. The van der Waals surface area contributed by atoms with E-state index in [2.05, 4.69) is 32.7 Å². The lowest BCUT2D eigenvalue weighted by Gasteiger charge is -2.46. The molecular weight excluding hydrogens is 368 g/mol. The highest BCUT2D eigenvalue weighted by Crippen LogP contribution is 2.31. The minimum Gasteiger partial charge on any atom is -0.351 e. The van der Waals surface area contributed by atoms with Gasteiger partial charge >= 0.3 is 0 Å². The molecule has 2 fully saturated rings. The number of pyridine rings is 1. The molecule has 150 valence electrons. The fourth-order valence-corrected chi connectivity index (χ4v) is 5.30. The van der Waals surface area contributed by atoms with Crippen molar-refractivity contribution in [3.05, 3.63) is 52.5 Å². The Morgan fingerprint density at radius 1 is 1.32 bits per heavy atom. The number of carbonyl (C=O) groups is 1. The molecule has 0 aliphatic carbocycles. The van der Waals surface area contributed by atoms with Crippen LogP contribution < -0.4 is 10.6 Å². The van der Waals surface area contributed by atoms with Gasteiger partial charge in [0, 0.05) is 49.4 Å². The summed E-state index contributed by atoms with van der Waals surface area (Å²) in [5.41, 5.74) is 1.30. The smallest absolute Gasteiger partial charge is 0.220 e. The first-order valence-electron chi connectivity index (χ1n) is 10.4. The van der Waals surface area contributed by atoms with E-state index in [4.69, 9.17) is 0 Å². The van der Waals surface area contributed by atoms with Crippen molar-refractivity contribution in [3.8, 4) is 0 Å². The molecule has 2 bridgehead atoms. The molecule has 2 aliphatic heterocycles. The first-order chi connectivity index (χ1) is 13.8. The summed E-state index contributed by atoms with van der Waals surface area (Å²) in [6.07, 6.45) is 7.81. The van der Waals surface area contributed by atoms with Crippen LogP contribution in [0, 0.1) is 11.8 Å². The fraction of sp³-hybridized carbons (Fsp3) is 0.545. The van der Waals surface area contributed by atoms with Gasteiger partial charge in [0.1, 0.15) is 0 Å². The van der Waals surface area contributed by atoms with Gasteiger partial charge in [-0.3, -0.25) is 14.7 Å². The molecule has 4 heterocycles.